The zero-order valence-electron chi connectivity index (χ0n) is 24.2. The molecule has 0 bridgehead atoms. The van der Waals surface area contributed by atoms with Gasteiger partial charge in [0.2, 0.25) is 0 Å². The quantitative estimate of drug-likeness (QED) is 0.195. The number of allylic oxidation sites excluding steroid dienone is 10. The second-order valence-electron chi connectivity index (χ2n) is 10.3. The lowest BCUT2D eigenvalue weighted by Crippen LogP contribution is -2.26. The van der Waals surface area contributed by atoms with Gasteiger partial charge in [-0.15, -0.1) is 0 Å². The molecule has 6 heteroatoms. The van der Waals surface area contributed by atoms with Crippen LogP contribution >= 0.6 is 0 Å². The monoisotopic (exact) mass is 545 g/mol. The van der Waals surface area contributed by atoms with E-state index < -0.39 is 11.7 Å². The van der Waals surface area contributed by atoms with Crippen LogP contribution in [0.4, 0.5) is 13.2 Å². The van der Waals surface area contributed by atoms with Crippen LogP contribution in [0.3, 0.4) is 0 Å². The van der Waals surface area contributed by atoms with Crippen LogP contribution in [0.1, 0.15) is 63.6 Å². The number of nitriles is 1. The van der Waals surface area contributed by atoms with Gasteiger partial charge < -0.3 is 4.90 Å². The van der Waals surface area contributed by atoms with Crippen LogP contribution in [0, 0.1) is 30.0 Å². The summed E-state index contributed by atoms with van der Waals surface area (Å²) in [6.45, 7) is 19.1. The van der Waals surface area contributed by atoms with E-state index in [1.165, 1.54) is 29.9 Å². The summed E-state index contributed by atoms with van der Waals surface area (Å²) in [5, 5.41) is 9.73. The van der Waals surface area contributed by atoms with Gasteiger partial charge in [-0.2, -0.15) is 5.26 Å². The number of likely N-dealkylation sites (tertiary alicyclic amines) is 1. The summed E-state index contributed by atoms with van der Waals surface area (Å²) in [4.78, 5) is 6.59. The molecule has 210 valence electrons. The fourth-order valence-electron chi connectivity index (χ4n) is 4.89. The van der Waals surface area contributed by atoms with Gasteiger partial charge in [0.25, 0.3) is 0 Å². The maximum absolute atomic E-state index is 16.0. The highest BCUT2D eigenvalue weighted by molar-refractivity contribution is 6.16. The Morgan fingerprint density at radius 3 is 2.60 bits per heavy atom. The predicted octanol–water partition coefficient (Wildman–Crippen LogP) is 9.18. The average molecular weight is 546 g/mol. The van der Waals surface area contributed by atoms with E-state index in [9.17, 15) is 9.65 Å². The van der Waals surface area contributed by atoms with Crippen LogP contribution in [0.5, 0.6) is 0 Å². The van der Waals surface area contributed by atoms with E-state index in [1.807, 2.05) is 20.8 Å². The van der Waals surface area contributed by atoms with Crippen LogP contribution < -0.4 is 0 Å². The molecule has 0 aromatic heterocycles. The van der Waals surface area contributed by atoms with Gasteiger partial charge in [-0.05, 0) is 92.5 Å². The Hall–Kier alpha value is -3.85. The number of hydrogen-bond acceptors (Lipinski definition) is 3. The van der Waals surface area contributed by atoms with E-state index in [0.29, 0.717) is 47.7 Å². The third kappa shape index (κ3) is 6.83. The van der Waals surface area contributed by atoms with Crippen molar-refractivity contribution in [3.05, 3.63) is 111 Å². The lowest BCUT2D eigenvalue weighted by atomic mass is 9.94. The van der Waals surface area contributed by atoms with Crippen LogP contribution in [0.2, 0.25) is 0 Å². The molecular formula is C34H38F3N3. The molecule has 3 nitrogen and oxygen atoms in total. The van der Waals surface area contributed by atoms with Gasteiger partial charge in [-0.25, -0.2) is 13.2 Å². The highest BCUT2D eigenvalue weighted by Crippen LogP contribution is 2.34. The highest BCUT2D eigenvalue weighted by Gasteiger charge is 2.28. The molecule has 1 fully saturated rings. The maximum atomic E-state index is 16.0. The molecule has 0 radical (unpaired) electrons. The van der Waals surface area contributed by atoms with E-state index >= 15 is 8.78 Å². The lowest BCUT2D eigenvalue weighted by Gasteiger charge is -2.27. The standard InChI is InChI=1S/C34H38F3N3/c1-8-23(5)39-34-30(25(7)40-16-14-21(3)22(4)15-17-40)19-32(36)29(33(34)37)12-10-26(20-38)18-27-11-13-31(35)28(9-2)24(27)6/h10-13,18-19,22H,3,5,8-9,14-17H2,1-2,4,6-7H3/b12-10+,26-18+,30-25+,39-34?. The van der Waals surface area contributed by atoms with Gasteiger partial charge >= 0.3 is 0 Å². The Bertz CT molecular complexity index is 1430. The Balaban J connectivity index is 2.05. The molecule has 1 aliphatic heterocycles. The first-order valence-electron chi connectivity index (χ1n) is 13.8. The van der Waals surface area contributed by atoms with Gasteiger partial charge in [0, 0.05) is 35.6 Å². The Labute approximate surface area is 236 Å². The Morgan fingerprint density at radius 1 is 1.23 bits per heavy atom. The molecule has 0 N–H and O–H groups in total. The topological polar surface area (TPSA) is 39.4 Å². The molecule has 2 aliphatic rings. The number of rotatable bonds is 7. The molecule has 1 unspecified atom stereocenters. The van der Waals surface area contributed by atoms with E-state index in [0.717, 1.165) is 30.6 Å². The summed E-state index contributed by atoms with van der Waals surface area (Å²) in [7, 11) is 0. The number of nitrogens with zero attached hydrogens (tertiary/aromatic N) is 3. The molecule has 1 atom stereocenters. The number of hydrogen-bond donors (Lipinski definition) is 0. The lowest BCUT2D eigenvalue weighted by molar-refractivity contribution is 0.352. The zero-order valence-corrected chi connectivity index (χ0v) is 24.2. The van der Waals surface area contributed by atoms with Crippen molar-refractivity contribution in [3.8, 4) is 6.07 Å². The molecule has 1 aromatic rings. The van der Waals surface area contributed by atoms with Crippen LogP contribution in [0.15, 0.2) is 93.9 Å². The number of benzene rings is 1. The molecular weight excluding hydrogens is 507 g/mol. The van der Waals surface area contributed by atoms with Crippen LogP contribution in [-0.2, 0) is 6.42 Å². The van der Waals surface area contributed by atoms with Crippen molar-refractivity contribution in [2.24, 2.45) is 10.9 Å². The van der Waals surface area contributed by atoms with Crippen molar-refractivity contribution in [2.75, 3.05) is 13.1 Å². The summed E-state index contributed by atoms with van der Waals surface area (Å²) in [5.41, 5.74) is 4.67. The fourth-order valence-corrected chi connectivity index (χ4v) is 4.89. The SMILES string of the molecule is C=C(CC)N=C1C(F)=C(/C=C/C(C#N)=C\c2ccc(F)c(CC)c2C)C(F)=C/C1=C(/C)N1CCC(=C)C(C)CC1. The number of aliphatic imine (C=N–C) groups is 1. The van der Waals surface area contributed by atoms with Crippen molar-refractivity contribution < 1.29 is 13.2 Å². The second kappa shape index (κ2) is 13.5. The molecule has 40 heavy (non-hydrogen) atoms. The smallest absolute Gasteiger partial charge is 0.159 e. The molecule has 1 saturated heterocycles. The molecule has 0 amide bonds. The van der Waals surface area contributed by atoms with Crippen molar-refractivity contribution >= 4 is 11.8 Å². The summed E-state index contributed by atoms with van der Waals surface area (Å²) in [6.07, 6.45) is 8.27. The molecule has 1 heterocycles. The normalized spacial score (nSPS) is 21.1. The van der Waals surface area contributed by atoms with E-state index in [4.69, 9.17) is 0 Å². The first kappa shape index (κ1) is 30.7. The average Bonchev–Trinajstić information content (AvgIpc) is 3.10. The summed E-state index contributed by atoms with van der Waals surface area (Å²) in [6, 6.07) is 5.02. The molecule has 0 spiro atoms. The zero-order chi connectivity index (χ0) is 29.6. The largest absolute Gasteiger partial charge is 0.374 e. The minimum Gasteiger partial charge on any atom is -0.374 e. The molecule has 1 aliphatic carbocycles. The van der Waals surface area contributed by atoms with Crippen LogP contribution in [-0.4, -0.2) is 23.7 Å². The van der Waals surface area contributed by atoms with Crippen molar-refractivity contribution in [1.29, 1.82) is 5.26 Å². The van der Waals surface area contributed by atoms with Crippen LogP contribution in [0.25, 0.3) is 6.08 Å². The van der Waals surface area contributed by atoms with Crippen molar-refractivity contribution in [3.63, 3.8) is 0 Å². The van der Waals surface area contributed by atoms with E-state index in [-0.39, 0.29) is 22.7 Å². The van der Waals surface area contributed by atoms with E-state index in [1.54, 1.807) is 19.1 Å². The van der Waals surface area contributed by atoms with Gasteiger partial charge in [0.1, 0.15) is 17.4 Å². The molecule has 3 rings (SSSR count). The first-order chi connectivity index (χ1) is 19.0. The number of halogens is 3. The second-order valence-corrected chi connectivity index (χ2v) is 10.3. The van der Waals surface area contributed by atoms with Gasteiger partial charge in [-0.1, -0.05) is 45.6 Å². The minimum atomic E-state index is -0.809. The van der Waals surface area contributed by atoms with Gasteiger partial charge in [0.05, 0.1) is 11.6 Å². The molecule has 1 aromatic carbocycles. The van der Waals surface area contributed by atoms with Gasteiger partial charge in [-0.3, -0.25) is 4.99 Å². The predicted molar refractivity (Wildman–Crippen MR) is 159 cm³/mol. The summed E-state index contributed by atoms with van der Waals surface area (Å²) >= 11 is 0. The first-order valence-corrected chi connectivity index (χ1v) is 13.8. The fraction of sp³-hybridized carbons (Fsp3) is 0.353. The van der Waals surface area contributed by atoms with Crippen molar-refractivity contribution in [1.82, 2.24) is 4.90 Å². The Morgan fingerprint density at radius 2 is 1.95 bits per heavy atom. The van der Waals surface area contributed by atoms with Gasteiger partial charge in [0.15, 0.2) is 5.83 Å². The maximum Gasteiger partial charge on any atom is 0.159 e. The third-order valence-electron chi connectivity index (χ3n) is 7.81. The Kier molecular flexibility index (Phi) is 10.3. The highest BCUT2D eigenvalue weighted by atomic mass is 19.1. The molecule has 0 saturated carbocycles. The summed E-state index contributed by atoms with van der Waals surface area (Å²) < 4.78 is 45.6. The summed E-state index contributed by atoms with van der Waals surface area (Å²) in [5.74, 6) is -1.47. The van der Waals surface area contributed by atoms with Crippen molar-refractivity contribution in [2.45, 2.75) is 60.3 Å². The minimum absolute atomic E-state index is 0.0333. The third-order valence-corrected chi connectivity index (χ3v) is 7.81. The van der Waals surface area contributed by atoms with E-state index in [2.05, 4.69) is 36.0 Å².